The third-order valence-electron chi connectivity index (χ3n) is 2.46. The molecule has 0 fully saturated rings. The second kappa shape index (κ2) is 5.63. The van der Waals surface area contributed by atoms with Gasteiger partial charge >= 0.3 is 0 Å². The van der Waals surface area contributed by atoms with Crippen LogP contribution in [-0.2, 0) is 0 Å². The van der Waals surface area contributed by atoms with Crippen LogP contribution in [0, 0.1) is 11.6 Å². The summed E-state index contributed by atoms with van der Waals surface area (Å²) >= 11 is 7.97. The zero-order valence-electron chi connectivity index (χ0n) is 9.58. The summed E-state index contributed by atoms with van der Waals surface area (Å²) in [5.41, 5.74) is 6.09. The second-order valence-electron chi connectivity index (χ2n) is 3.78. The Bertz CT molecular complexity index is 647. The van der Waals surface area contributed by atoms with E-state index in [1.54, 1.807) is 12.1 Å². The number of hydrogen-bond donors (Lipinski definition) is 2. The lowest BCUT2D eigenvalue weighted by atomic mass is 10.1. The SMILES string of the molecule is NC(=S)c1c(F)cccc1Nc1ccc(Br)cc1F. The molecule has 0 radical (unpaired) electrons. The molecule has 0 aromatic heterocycles. The van der Waals surface area contributed by atoms with E-state index in [-0.39, 0.29) is 16.2 Å². The summed E-state index contributed by atoms with van der Waals surface area (Å²) in [4.78, 5) is -0.0851. The third kappa shape index (κ3) is 3.08. The normalized spacial score (nSPS) is 10.3. The first-order chi connectivity index (χ1) is 8.99. The second-order valence-corrected chi connectivity index (χ2v) is 5.13. The van der Waals surface area contributed by atoms with E-state index in [0.29, 0.717) is 10.2 Å². The van der Waals surface area contributed by atoms with E-state index in [4.69, 9.17) is 18.0 Å². The van der Waals surface area contributed by atoms with Crippen LogP contribution in [0.15, 0.2) is 40.9 Å². The molecule has 0 bridgehead atoms. The molecule has 19 heavy (non-hydrogen) atoms. The van der Waals surface area contributed by atoms with Crippen LogP contribution in [0.5, 0.6) is 0 Å². The molecule has 0 aliphatic rings. The van der Waals surface area contributed by atoms with Gasteiger partial charge in [-0.15, -0.1) is 0 Å². The van der Waals surface area contributed by atoms with Crippen molar-refractivity contribution in [1.29, 1.82) is 0 Å². The summed E-state index contributed by atoms with van der Waals surface area (Å²) in [7, 11) is 0. The third-order valence-corrected chi connectivity index (χ3v) is 3.16. The molecule has 2 aromatic carbocycles. The van der Waals surface area contributed by atoms with Crippen LogP contribution in [0.2, 0.25) is 0 Å². The minimum Gasteiger partial charge on any atom is -0.389 e. The first-order valence-corrected chi connectivity index (χ1v) is 6.49. The zero-order valence-corrected chi connectivity index (χ0v) is 12.0. The molecule has 0 saturated carbocycles. The minimum atomic E-state index is -0.546. The van der Waals surface area contributed by atoms with E-state index in [2.05, 4.69) is 21.2 Å². The number of hydrogen-bond acceptors (Lipinski definition) is 2. The molecular formula is C13H9BrF2N2S. The predicted octanol–water partition coefficient (Wildman–Crippen LogP) is 4.11. The van der Waals surface area contributed by atoms with Gasteiger partial charge in [0, 0.05) is 4.47 Å². The number of rotatable bonds is 3. The number of nitrogens with one attached hydrogen (secondary N) is 1. The molecule has 2 rings (SSSR count). The molecule has 0 aliphatic heterocycles. The molecule has 0 heterocycles. The standard InChI is InChI=1S/C13H9BrF2N2S/c14-7-4-5-10(9(16)6-7)18-11-3-1-2-8(15)12(11)13(17)19/h1-6,18H,(H2,17,19). The highest BCUT2D eigenvalue weighted by Crippen LogP contribution is 2.26. The van der Waals surface area contributed by atoms with Gasteiger partial charge in [-0.2, -0.15) is 0 Å². The van der Waals surface area contributed by atoms with E-state index in [1.807, 2.05) is 0 Å². The van der Waals surface area contributed by atoms with Crippen molar-refractivity contribution in [1.82, 2.24) is 0 Å². The Morgan fingerprint density at radius 2 is 1.84 bits per heavy atom. The van der Waals surface area contributed by atoms with Gasteiger partial charge in [0.15, 0.2) is 0 Å². The average molecular weight is 343 g/mol. The molecule has 2 aromatic rings. The molecule has 2 nitrogen and oxygen atoms in total. The number of halogens is 3. The Morgan fingerprint density at radius 3 is 2.47 bits per heavy atom. The molecule has 0 saturated heterocycles. The fourth-order valence-corrected chi connectivity index (χ4v) is 2.16. The van der Waals surface area contributed by atoms with Crippen molar-refractivity contribution >= 4 is 44.5 Å². The lowest BCUT2D eigenvalue weighted by molar-refractivity contribution is 0.624. The quantitative estimate of drug-likeness (QED) is 0.824. The number of thiocarbonyl (C=S) groups is 1. The Hall–Kier alpha value is -1.53. The molecule has 3 N–H and O–H groups in total. The van der Waals surface area contributed by atoms with E-state index < -0.39 is 11.6 Å². The fraction of sp³-hybridized carbons (Fsp3) is 0. The maximum absolute atomic E-state index is 13.7. The fourth-order valence-electron chi connectivity index (χ4n) is 1.61. The van der Waals surface area contributed by atoms with Crippen molar-refractivity contribution in [3.63, 3.8) is 0 Å². The van der Waals surface area contributed by atoms with Crippen molar-refractivity contribution in [2.24, 2.45) is 5.73 Å². The van der Waals surface area contributed by atoms with Crippen molar-refractivity contribution < 1.29 is 8.78 Å². The van der Waals surface area contributed by atoms with E-state index in [1.165, 1.54) is 24.3 Å². The minimum absolute atomic E-state index is 0.0693. The van der Waals surface area contributed by atoms with Crippen LogP contribution in [-0.4, -0.2) is 4.99 Å². The van der Waals surface area contributed by atoms with Crippen LogP contribution in [0.1, 0.15) is 5.56 Å². The van der Waals surface area contributed by atoms with Gasteiger partial charge in [-0.1, -0.05) is 34.2 Å². The summed E-state index contributed by atoms with van der Waals surface area (Å²) in [5.74, 6) is -1.01. The topological polar surface area (TPSA) is 38.0 Å². The molecular weight excluding hydrogens is 334 g/mol. The van der Waals surface area contributed by atoms with Gasteiger partial charge in [0.05, 0.1) is 16.9 Å². The van der Waals surface area contributed by atoms with Gasteiger partial charge in [-0.25, -0.2) is 8.78 Å². The first-order valence-electron chi connectivity index (χ1n) is 5.29. The van der Waals surface area contributed by atoms with Gasteiger partial charge in [-0.05, 0) is 30.3 Å². The van der Waals surface area contributed by atoms with Crippen molar-refractivity contribution in [3.8, 4) is 0 Å². The van der Waals surface area contributed by atoms with E-state index >= 15 is 0 Å². The van der Waals surface area contributed by atoms with Crippen LogP contribution >= 0.6 is 28.1 Å². The van der Waals surface area contributed by atoms with Crippen molar-refractivity contribution in [3.05, 3.63) is 58.1 Å². The maximum Gasteiger partial charge on any atom is 0.147 e. The van der Waals surface area contributed by atoms with Crippen LogP contribution in [0.25, 0.3) is 0 Å². The van der Waals surface area contributed by atoms with Crippen molar-refractivity contribution in [2.75, 3.05) is 5.32 Å². The molecule has 6 heteroatoms. The summed E-state index contributed by atoms with van der Waals surface area (Å²) in [6, 6.07) is 8.84. The van der Waals surface area contributed by atoms with Gasteiger partial charge in [0.1, 0.15) is 16.6 Å². The highest BCUT2D eigenvalue weighted by atomic mass is 79.9. The Kier molecular flexibility index (Phi) is 4.11. The monoisotopic (exact) mass is 342 g/mol. The first kappa shape index (κ1) is 13.9. The van der Waals surface area contributed by atoms with E-state index in [0.717, 1.165) is 0 Å². The molecule has 98 valence electrons. The molecule has 0 amide bonds. The zero-order chi connectivity index (χ0) is 14.0. The Labute approximate surface area is 122 Å². The van der Waals surface area contributed by atoms with Crippen molar-refractivity contribution in [2.45, 2.75) is 0 Å². The van der Waals surface area contributed by atoms with E-state index in [9.17, 15) is 8.78 Å². The molecule has 0 aliphatic carbocycles. The Morgan fingerprint density at radius 1 is 1.11 bits per heavy atom. The highest BCUT2D eigenvalue weighted by molar-refractivity contribution is 9.10. The predicted molar refractivity (Wildman–Crippen MR) is 79.7 cm³/mol. The van der Waals surface area contributed by atoms with Gasteiger partial charge in [-0.3, -0.25) is 0 Å². The summed E-state index contributed by atoms with van der Waals surface area (Å²) < 4.78 is 28.0. The lowest BCUT2D eigenvalue weighted by Gasteiger charge is -2.12. The summed E-state index contributed by atoms with van der Waals surface area (Å²) in [5, 5.41) is 2.79. The smallest absolute Gasteiger partial charge is 0.147 e. The number of nitrogens with two attached hydrogens (primary N) is 1. The largest absolute Gasteiger partial charge is 0.389 e. The number of benzene rings is 2. The summed E-state index contributed by atoms with van der Waals surface area (Å²) in [6.45, 7) is 0. The van der Waals surface area contributed by atoms with Gasteiger partial charge < -0.3 is 11.1 Å². The summed E-state index contributed by atoms with van der Waals surface area (Å²) in [6.07, 6.45) is 0. The molecule has 0 atom stereocenters. The molecule has 0 spiro atoms. The average Bonchev–Trinajstić information content (AvgIpc) is 2.32. The van der Waals surface area contributed by atoms with Gasteiger partial charge in [0.2, 0.25) is 0 Å². The Balaban J connectivity index is 2.44. The maximum atomic E-state index is 13.7. The van der Waals surface area contributed by atoms with Crippen LogP contribution in [0.4, 0.5) is 20.2 Å². The van der Waals surface area contributed by atoms with Crippen LogP contribution < -0.4 is 11.1 Å². The van der Waals surface area contributed by atoms with Crippen LogP contribution in [0.3, 0.4) is 0 Å². The lowest BCUT2D eigenvalue weighted by Crippen LogP contribution is -2.14. The molecule has 0 unspecified atom stereocenters. The number of anilines is 2. The van der Waals surface area contributed by atoms with Gasteiger partial charge in [0.25, 0.3) is 0 Å². The highest BCUT2D eigenvalue weighted by Gasteiger charge is 2.12.